The zero-order chi connectivity index (χ0) is 23.4. The Balaban J connectivity index is 1.60. The van der Waals surface area contributed by atoms with Crippen LogP contribution in [0.25, 0.3) is 0 Å². The summed E-state index contributed by atoms with van der Waals surface area (Å²) in [7, 11) is 1.57. The van der Waals surface area contributed by atoms with E-state index >= 15 is 0 Å². The lowest BCUT2D eigenvalue weighted by Gasteiger charge is -2.37. The molecule has 5 nitrogen and oxygen atoms in total. The van der Waals surface area contributed by atoms with Gasteiger partial charge in [-0.25, -0.2) is 4.39 Å². The summed E-state index contributed by atoms with van der Waals surface area (Å²) < 4.78 is 19.6. The minimum absolute atomic E-state index is 0.0601. The average Bonchev–Trinajstić information content (AvgIpc) is 3.30. The van der Waals surface area contributed by atoms with Crippen LogP contribution in [0, 0.1) is 5.82 Å². The van der Waals surface area contributed by atoms with Gasteiger partial charge in [0.1, 0.15) is 12.4 Å². The summed E-state index contributed by atoms with van der Waals surface area (Å²) in [4.78, 5) is 31.3. The van der Waals surface area contributed by atoms with E-state index in [0.717, 1.165) is 22.0 Å². The molecule has 1 aliphatic heterocycles. The number of fused-ring (bicyclic) bond motifs is 1. The first-order valence-electron chi connectivity index (χ1n) is 10.6. The zero-order valence-corrected chi connectivity index (χ0v) is 20.6. The number of hydrogen-bond donors (Lipinski definition) is 0. The maximum Gasteiger partial charge on any atom is 0.254 e. The predicted molar refractivity (Wildman–Crippen MR) is 130 cm³/mol. The summed E-state index contributed by atoms with van der Waals surface area (Å²) in [6, 6.07) is 15.1. The summed E-state index contributed by atoms with van der Waals surface area (Å²) in [5, 5.41) is 2.02. The Hall–Kier alpha value is -2.55. The first kappa shape index (κ1) is 23.6. The van der Waals surface area contributed by atoms with E-state index in [0.29, 0.717) is 25.3 Å². The average molecular weight is 531 g/mol. The monoisotopic (exact) mass is 530 g/mol. The third-order valence-corrected chi connectivity index (χ3v) is 7.27. The van der Waals surface area contributed by atoms with Gasteiger partial charge < -0.3 is 14.5 Å². The molecule has 0 aliphatic carbocycles. The van der Waals surface area contributed by atoms with E-state index in [1.807, 2.05) is 11.4 Å². The molecule has 8 heteroatoms. The SMILES string of the molecule is COCCN(CC(=O)N1CCc2sccc2C1c1ccc(F)cc1)C(=O)c1ccc(Br)cc1. The number of nitrogens with zero attached hydrogens (tertiary/aromatic N) is 2. The molecule has 0 fully saturated rings. The van der Waals surface area contributed by atoms with Crippen molar-refractivity contribution in [2.75, 3.05) is 33.4 Å². The van der Waals surface area contributed by atoms with Crippen molar-refractivity contribution in [3.8, 4) is 0 Å². The van der Waals surface area contributed by atoms with Crippen molar-refractivity contribution in [2.45, 2.75) is 12.5 Å². The van der Waals surface area contributed by atoms with Crippen LogP contribution >= 0.6 is 27.3 Å². The molecule has 1 aromatic heterocycles. The summed E-state index contributed by atoms with van der Waals surface area (Å²) in [5.74, 6) is -0.689. The number of carbonyl (C=O) groups is 2. The van der Waals surface area contributed by atoms with Gasteiger partial charge in [-0.2, -0.15) is 0 Å². The molecule has 33 heavy (non-hydrogen) atoms. The molecule has 2 heterocycles. The Kier molecular flexibility index (Phi) is 7.57. The van der Waals surface area contributed by atoms with Gasteiger partial charge in [0.25, 0.3) is 5.91 Å². The van der Waals surface area contributed by atoms with Crippen LogP contribution in [0.5, 0.6) is 0 Å². The highest BCUT2D eigenvalue weighted by molar-refractivity contribution is 9.10. The topological polar surface area (TPSA) is 49.9 Å². The van der Waals surface area contributed by atoms with Gasteiger partial charge in [0.2, 0.25) is 5.91 Å². The normalized spacial score (nSPS) is 15.2. The maximum atomic E-state index is 13.6. The second kappa shape index (κ2) is 10.6. The standard InChI is InChI=1S/C25H24BrFN2O3S/c1-32-14-13-28(25(31)18-2-6-19(26)7-3-18)16-23(30)29-12-10-22-21(11-15-33-22)24(29)17-4-8-20(27)9-5-17/h2-9,11,15,24H,10,12-14,16H2,1H3. The van der Waals surface area contributed by atoms with Crippen LogP contribution in [-0.2, 0) is 16.0 Å². The molecule has 2 aromatic carbocycles. The van der Waals surface area contributed by atoms with Crippen LogP contribution in [-0.4, -0.2) is 55.0 Å². The molecular formula is C25H24BrFN2O3S. The van der Waals surface area contributed by atoms with E-state index in [2.05, 4.69) is 15.9 Å². The van der Waals surface area contributed by atoms with Crippen molar-refractivity contribution in [1.29, 1.82) is 0 Å². The Bertz CT molecular complexity index is 1120. The Morgan fingerprint density at radius 1 is 1.15 bits per heavy atom. The second-order valence-corrected chi connectivity index (χ2v) is 9.73. The molecule has 1 aliphatic rings. The Labute approximate surface area is 204 Å². The fourth-order valence-electron chi connectivity index (χ4n) is 4.07. The fourth-order valence-corrected chi connectivity index (χ4v) is 5.24. The molecule has 172 valence electrons. The van der Waals surface area contributed by atoms with Gasteiger partial charge in [-0.1, -0.05) is 28.1 Å². The number of ether oxygens (including phenoxy) is 1. The Morgan fingerprint density at radius 2 is 1.88 bits per heavy atom. The van der Waals surface area contributed by atoms with Crippen LogP contribution in [0.4, 0.5) is 4.39 Å². The van der Waals surface area contributed by atoms with Crippen molar-refractivity contribution in [3.63, 3.8) is 0 Å². The van der Waals surface area contributed by atoms with Crippen molar-refractivity contribution in [1.82, 2.24) is 9.80 Å². The van der Waals surface area contributed by atoms with Gasteiger partial charge in [-0.3, -0.25) is 9.59 Å². The van der Waals surface area contributed by atoms with E-state index < -0.39 is 0 Å². The summed E-state index contributed by atoms with van der Waals surface area (Å²) >= 11 is 5.05. The fraction of sp³-hybridized carbons (Fsp3) is 0.280. The first-order chi connectivity index (χ1) is 16.0. The number of methoxy groups -OCH3 is 1. The highest BCUT2D eigenvalue weighted by Crippen LogP contribution is 2.38. The number of thiophene rings is 1. The van der Waals surface area contributed by atoms with Crippen molar-refractivity contribution < 1.29 is 18.7 Å². The van der Waals surface area contributed by atoms with Gasteiger partial charge in [-0.15, -0.1) is 11.3 Å². The molecule has 0 saturated carbocycles. The summed E-state index contributed by atoms with van der Waals surface area (Å²) in [6.07, 6.45) is 0.759. The van der Waals surface area contributed by atoms with E-state index in [1.165, 1.54) is 21.9 Å². The summed E-state index contributed by atoms with van der Waals surface area (Å²) in [5.41, 5.74) is 2.43. The van der Waals surface area contributed by atoms with Gasteiger partial charge >= 0.3 is 0 Å². The lowest BCUT2D eigenvalue weighted by molar-refractivity contribution is -0.134. The number of rotatable bonds is 7. The molecule has 0 N–H and O–H groups in total. The minimum atomic E-state index is -0.316. The number of hydrogen-bond acceptors (Lipinski definition) is 4. The number of amides is 2. The smallest absolute Gasteiger partial charge is 0.254 e. The molecule has 1 unspecified atom stereocenters. The number of halogens is 2. The van der Waals surface area contributed by atoms with Crippen LogP contribution in [0.15, 0.2) is 64.5 Å². The van der Waals surface area contributed by atoms with Crippen LogP contribution in [0.1, 0.15) is 32.4 Å². The van der Waals surface area contributed by atoms with E-state index in [-0.39, 0.29) is 30.2 Å². The molecule has 0 saturated heterocycles. The van der Waals surface area contributed by atoms with E-state index in [9.17, 15) is 14.0 Å². The molecule has 0 bridgehead atoms. The molecule has 4 rings (SSSR count). The van der Waals surface area contributed by atoms with Gasteiger partial charge in [-0.05, 0) is 65.4 Å². The van der Waals surface area contributed by atoms with Crippen LogP contribution in [0.3, 0.4) is 0 Å². The van der Waals surface area contributed by atoms with Crippen molar-refractivity contribution in [3.05, 3.63) is 91.8 Å². The first-order valence-corrected chi connectivity index (χ1v) is 12.3. The minimum Gasteiger partial charge on any atom is -0.383 e. The molecule has 2 amide bonds. The highest BCUT2D eigenvalue weighted by Gasteiger charge is 2.34. The third-order valence-electron chi connectivity index (χ3n) is 5.74. The van der Waals surface area contributed by atoms with Gasteiger partial charge in [0, 0.05) is 35.1 Å². The van der Waals surface area contributed by atoms with Crippen LogP contribution < -0.4 is 0 Å². The maximum absolute atomic E-state index is 13.6. The largest absolute Gasteiger partial charge is 0.383 e. The second-order valence-electron chi connectivity index (χ2n) is 7.82. The van der Waals surface area contributed by atoms with Crippen LogP contribution in [0.2, 0.25) is 0 Å². The third kappa shape index (κ3) is 5.34. The predicted octanol–water partition coefficient (Wildman–Crippen LogP) is 4.91. The molecule has 1 atom stereocenters. The molecular weight excluding hydrogens is 507 g/mol. The zero-order valence-electron chi connectivity index (χ0n) is 18.2. The number of benzene rings is 2. The highest BCUT2D eigenvalue weighted by atomic mass is 79.9. The number of carbonyl (C=O) groups excluding carboxylic acids is 2. The quantitative estimate of drug-likeness (QED) is 0.436. The molecule has 3 aromatic rings. The molecule has 0 spiro atoms. The van der Waals surface area contributed by atoms with Crippen molar-refractivity contribution >= 4 is 39.1 Å². The molecule has 0 radical (unpaired) electrons. The van der Waals surface area contributed by atoms with Gasteiger partial charge in [0.05, 0.1) is 12.6 Å². The lowest BCUT2D eigenvalue weighted by atomic mass is 9.93. The summed E-state index contributed by atoms with van der Waals surface area (Å²) in [6.45, 7) is 1.11. The lowest BCUT2D eigenvalue weighted by Crippen LogP contribution is -2.47. The van der Waals surface area contributed by atoms with E-state index in [4.69, 9.17) is 4.74 Å². The van der Waals surface area contributed by atoms with E-state index in [1.54, 1.807) is 59.7 Å². The van der Waals surface area contributed by atoms with Crippen molar-refractivity contribution in [2.24, 2.45) is 0 Å². The Morgan fingerprint density at radius 3 is 2.58 bits per heavy atom. The van der Waals surface area contributed by atoms with Gasteiger partial charge in [0.15, 0.2) is 0 Å².